The number of rotatable bonds is 7. The molecule has 2 aromatic carbocycles. The molecule has 2 heterocycles. The number of hydrazone groups is 1. The maximum Gasteiger partial charge on any atom is 0.293 e. The molecule has 0 fully saturated rings. The van der Waals surface area contributed by atoms with E-state index >= 15 is 0 Å². The van der Waals surface area contributed by atoms with Gasteiger partial charge < -0.3 is 10.6 Å². The third-order valence-electron chi connectivity index (χ3n) is 4.78. The van der Waals surface area contributed by atoms with Gasteiger partial charge in [-0.15, -0.1) is 5.10 Å². The molecule has 0 spiro atoms. The summed E-state index contributed by atoms with van der Waals surface area (Å²) in [4.78, 5) is 14.9. The molecule has 11 heteroatoms. The number of hydrogen-bond acceptors (Lipinski definition) is 9. The number of hydrogen-bond donors (Lipinski definition) is 2. The number of carbonyl (C=O) groups excluding carboxylic acids is 1. The van der Waals surface area contributed by atoms with E-state index in [1.54, 1.807) is 6.92 Å². The monoisotopic (exact) mass is 431 g/mol. The lowest BCUT2D eigenvalue weighted by molar-refractivity contribution is 0.0949. The average Bonchev–Trinajstić information content (AvgIpc) is 3.44. The largest absolute Gasteiger partial charge is 0.378 e. The molecule has 3 N–H and O–H groups in total. The molecule has 4 aromatic rings. The van der Waals surface area contributed by atoms with E-state index in [0.717, 1.165) is 11.3 Å². The second kappa shape index (κ2) is 9.08. The number of amides is 1. The SMILES string of the molecule is C/C(=N\NC(=O)c1nnn(-c2nonc2N)c1CN(C)c1ccccc1)c1ccccc1. The van der Waals surface area contributed by atoms with Crippen LogP contribution in [-0.2, 0) is 6.54 Å². The molecule has 0 atom stereocenters. The standard InChI is InChI=1S/C21H21N9O2/c1-14(15-9-5-3-6-10-15)23-25-21(31)18-17(13-29(2)16-11-7-4-8-12-16)30(28-24-18)20-19(22)26-32-27-20/h3-12H,13H2,1-2H3,(H2,22,26)(H,25,31)/b23-14+. The molecule has 0 saturated heterocycles. The van der Waals surface area contributed by atoms with E-state index in [4.69, 9.17) is 10.4 Å². The van der Waals surface area contributed by atoms with Crippen molar-refractivity contribution >= 4 is 23.1 Å². The summed E-state index contributed by atoms with van der Waals surface area (Å²) in [5.74, 6) is -0.335. The van der Waals surface area contributed by atoms with Crippen LogP contribution in [0.1, 0.15) is 28.7 Å². The first-order chi connectivity index (χ1) is 15.5. The van der Waals surface area contributed by atoms with Gasteiger partial charge in [0.1, 0.15) is 0 Å². The Morgan fingerprint density at radius 2 is 1.81 bits per heavy atom. The predicted octanol–water partition coefficient (Wildman–Crippen LogP) is 2.02. The van der Waals surface area contributed by atoms with Gasteiger partial charge in [0.05, 0.1) is 18.0 Å². The number of aromatic nitrogens is 5. The molecule has 0 bridgehead atoms. The van der Waals surface area contributed by atoms with Crippen LogP contribution in [0.4, 0.5) is 11.5 Å². The highest BCUT2D eigenvalue weighted by Crippen LogP contribution is 2.20. The van der Waals surface area contributed by atoms with Crippen molar-refractivity contribution in [2.45, 2.75) is 13.5 Å². The van der Waals surface area contributed by atoms with Crippen LogP contribution in [0.25, 0.3) is 5.82 Å². The van der Waals surface area contributed by atoms with E-state index in [2.05, 4.69) is 31.2 Å². The highest BCUT2D eigenvalue weighted by atomic mass is 16.6. The lowest BCUT2D eigenvalue weighted by Gasteiger charge is -2.19. The summed E-state index contributed by atoms with van der Waals surface area (Å²) in [7, 11) is 1.89. The van der Waals surface area contributed by atoms with E-state index in [9.17, 15) is 4.79 Å². The lowest BCUT2D eigenvalue weighted by atomic mass is 10.1. The Morgan fingerprint density at radius 3 is 2.47 bits per heavy atom. The molecule has 11 nitrogen and oxygen atoms in total. The van der Waals surface area contributed by atoms with Crippen LogP contribution in [0, 0.1) is 0 Å². The summed E-state index contributed by atoms with van der Waals surface area (Å²) < 4.78 is 6.03. The lowest BCUT2D eigenvalue weighted by Crippen LogP contribution is -2.25. The molecule has 0 aliphatic rings. The third-order valence-corrected chi connectivity index (χ3v) is 4.78. The Kier molecular flexibility index (Phi) is 5.88. The molecule has 0 aliphatic heterocycles. The Morgan fingerprint density at radius 1 is 1.12 bits per heavy atom. The van der Waals surface area contributed by atoms with Crippen molar-refractivity contribution in [2.75, 3.05) is 17.7 Å². The molecule has 32 heavy (non-hydrogen) atoms. The smallest absolute Gasteiger partial charge is 0.293 e. The van der Waals surface area contributed by atoms with E-state index < -0.39 is 5.91 Å². The zero-order valence-electron chi connectivity index (χ0n) is 17.5. The topological polar surface area (TPSA) is 140 Å². The number of benzene rings is 2. The van der Waals surface area contributed by atoms with Crippen molar-refractivity contribution in [2.24, 2.45) is 5.10 Å². The maximum atomic E-state index is 12.9. The summed E-state index contributed by atoms with van der Waals surface area (Å²) in [6, 6.07) is 19.2. The van der Waals surface area contributed by atoms with Crippen LogP contribution < -0.4 is 16.1 Å². The maximum absolute atomic E-state index is 12.9. The number of anilines is 2. The zero-order chi connectivity index (χ0) is 22.5. The first kappa shape index (κ1) is 20.7. The van der Waals surface area contributed by atoms with Crippen LogP contribution in [0.5, 0.6) is 0 Å². The average molecular weight is 431 g/mol. The number of nitrogens with two attached hydrogens (primary N) is 1. The van der Waals surface area contributed by atoms with E-state index in [0.29, 0.717) is 11.4 Å². The Labute approximate surface area is 183 Å². The van der Waals surface area contributed by atoms with Gasteiger partial charge in [0, 0.05) is 12.7 Å². The van der Waals surface area contributed by atoms with Crippen molar-refractivity contribution < 1.29 is 9.42 Å². The Bertz CT molecular complexity index is 1230. The van der Waals surface area contributed by atoms with Gasteiger partial charge in [-0.3, -0.25) is 4.79 Å². The van der Waals surface area contributed by atoms with Crippen LogP contribution in [-0.4, -0.2) is 44.0 Å². The van der Waals surface area contributed by atoms with Gasteiger partial charge in [-0.2, -0.15) is 9.78 Å². The summed E-state index contributed by atoms with van der Waals surface area (Å²) in [6.45, 7) is 2.09. The van der Waals surface area contributed by atoms with Crippen molar-refractivity contribution in [1.82, 2.24) is 30.7 Å². The summed E-state index contributed by atoms with van der Waals surface area (Å²) in [5, 5.41) is 19.7. The third kappa shape index (κ3) is 4.31. The fourth-order valence-electron chi connectivity index (χ4n) is 3.06. The van der Waals surface area contributed by atoms with Gasteiger partial charge in [0.15, 0.2) is 5.69 Å². The summed E-state index contributed by atoms with van der Waals surface area (Å²) >= 11 is 0. The molecule has 0 radical (unpaired) electrons. The molecular formula is C21H21N9O2. The molecule has 0 unspecified atom stereocenters. The van der Waals surface area contributed by atoms with Gasteiger partial charge >= 0.3 is 0 Å². The van der Waals surface area contributed by atoms with Crippen molar-refractivity contribution in [1.29, 1.82) is 0 Å². The summed E-state index contributed by atoms with van der Waals surface area (Å²) in [6.07, 6.45) is 0. The van der Waals surface area contributed by atoms with Gasteiger partial charge in [0.25, 0.3) is 5.91 Å². The number of nitrogens with zero attached hydrogens (tertiary/aromatic N) is 7. The van der Waals surface area contributed by atoms with Crippen molar-refractivity contribution in [3.8, 4) is 5.82 Å². The van der Waals surface area contributed by atoms with Crippen LogP contribution in [0.15, 0.2) is 70.4 Å². The summed E-state index contributed by atoms with van der Waals surface area (Å²) in [5.41, 5.74) is 11.4. The fourth-order valence-corrected chi connectivity index (χ4v) is 3.06. The molecule has 162 valence electrons. The van der Waals surface area contributed by atoms with Crippen LogP contribution >= 0.6 is 0 Å². The van der Waals surface area contributed by atoms with Crippen molar-refractivity contribution in [3.05, 3.63) is 77.6 Å². The minimum absolute atomic E-state index is 0.0309. The predicted molar refractivity (Wildman–Crippen MR) is 118 cm³/mol. The normalized spacial score (nSPS) is 11.4. The second-order valence-corrected chi connectivity index (χ2v) is 6.97. The number of para-hydroxylation sites is 1. The van der Waals surface area contributed by atoms with E-state index in [-0.39, 0.29) is 23.9 Å². The molecule has 1 amide bonds. The highest BCUT2D eigenvalue weighted by Gasteiger charge is 2.25. The van der Waals surface area contributed by atoms with Gasteiger partial charge in [0.2, 0.25) is 11.6 Å². The van der Waals surface area contributed by atoms with E-state index in [1.165, 1.54) is 4.68 Å². The van der Waals surface area contributed by atoms with Crippen LogP contribution in [0.2, 0.25) is 0 Å². The second-order valence-electron chi connectivity index (χ2n) is 6.97. The first-order valence-electron chi connectivity index (χ1n) is 9.74. The Hall–Kier alpha value is -4.54. The Balaban J connectivity index is 1.65. The highest BCUT2D eigenvalue weighted by molar-refractivity contribution is 6.00. The number of nitrogens with one attached hydrogen (secondary N) is 1. The molecule has 0 saturated carbocycles. The zero-order valence-corrected chi connectivity index (χ0v) is 17.5. The minimum atomic E-state index is -0.516. The first-order valence-corrected chi connectivity index (χ1v) is 9.74. The van der Waals surface area contributed by atoms with Gasteiger partial charge in [-0.05, 0) is 34.9 Å². The number of carbonyl (C=O) groups is 1. The number of nitrogen functional groups attached to an aromatic ring is 1. The van der Waals surface area contributed by atoms with Crippen molar-refractivity contribution in [3.63, 3.8) is 0 Å². The van der Waals surface area contributed by atoms with E-state index in [1.807, 2.05) is 72.6 Å². The molecule has 2 aromatic heterocycles. The molecular weight excluding hydrogens is 410 g/mol. The fraction of sp³-hybridized carbons (Fsp3) is 0.143. The van der Waals surface area contributed by atoms with Crippen LogP contribution in [0.3, 0.4) is 0 Å². The van der Waals surface area contributed by atoms with Gasteiger partial charge in [-0.25, -0.2) is 10.1 Å². The van der Waals surface area contributed by atoms with Gasteiger partial charge in [-0.1, -0.05) is 53.7 Å². The molecule has 4 rings (SSSR count). The quantitative estimate of drug-likeness (QED) is 0.334. The minimum Gasteiger partial charge on any atom is -0.378 e. The molecule has 0 aliphatic carbocycles.